The molecule has 30 heavy (non-hydrogen) atoms. The third-order valence-corrected chi connectivity index (χ3v) is 6.17. The molecule has 0 spiro atoms. The SMILES string of the molecule is CC1=C(c2ccc(C(=O)C(C)(C)O)cc2)c2cccc(C)c2C1(C)C(=O)C(C)(C)O. The lowest BCUT2D eigenvalue weighted by atomic mass is 9.70. The first kappa shape index (κ1) is 22.1. The van der Waals surface area contributed by atoms with Crippen LogP contribution in [0.25, 0.3) is 5.57 Å². The van der Waals surface area contributed by atoms with Gasteiger partial charge in [0, 0.05) is 5.56 Å². The minimum absolute atomic E-state index is 0.244. The number of Topliss-reactive ketones (excluding diaryl/α,β-unsaturated/α-hetero) is 2. The molecule has 2 aromatic carbocycles. The van der Waals surface area contributed by atoms with Gasteiger partial charge in [-0.05, 0) is 81.9 Å². The molecule has 0 saturated heterocycles. The van der Waals surface area contributed by atoms with E-state index in [0.717, 1.165) is 33.4 Å². The molecule has 158 valence electrons. The Hall–Kier alpha value is -2.56. The second-order valence-corrected chi connectivity index (χ2v) is 9.48. The number of allylic oxidation sites excluding steroid dienone is 1. The Morgan fingerprint density at radius 1 is 0.867 bits per heavy atom. The maximum atomic E-state index is 13.4. The molecule has 1 aliphatic carbocycles. The van der Waals surface area contributed by atoms with E-state index in [9.17, 15) is 19.8 Å². The second kappa shape index (κ2) is 7.00. The number of ketones is 2. The molecule has 0 radical (unpaired) electrons. The van der Waals surface area contributed by atoms with E-state index in [1.165, 1.54) is 27.7 Å². The largest absolute Gasteiger partial charge is 0.383 e. The van der Waals surface area contributed by atoms with Gasteiger partial charge in [-0.2, -0.15) is 0 Å². The maximum Gasteiger partial charge on any atom is 0.193 e. The van der Waals surface area contributed by atoms with Gasteiger partial charge in [0.05, 0.1) is 5.41 Å². The summed E-state index contributed by atoms with van der Waals surface area (Å²) < 4.78 is 0. The third kappa shape index (κ3) is 3.34. The summed E-state index contributed by atoms with van der Waals surface area (Å²) in [7, 11) is 0. The number of benzene rings is 2. The molecule has 0 saturated carbocycles. The number of hydrogen-bond donors (Lipinski definition) is 2. The molecule has 1 aliphatic rings. The lowest BCUT2D eigenvalue weighted by Gasteiger charge is -2.33. The van der Waals surface area contributed by atoms with Crippen LogP contribution in [0.5, 0.6) is 0 Å². The zero-order valence-corrected chi connectivity index (χ0v) is 18.8. The molecule has 0 amide bonds. The van der Waals surface area contributed by atoms with E-state index in [1.807, 2.05) is 51.1 Å². The summed E-state index contributed by atoms with van der Waals surface area (Å²) in [5.41, 5.74) is 2.15. The van der Waals surface area contributed by atoms with Crippen LogP contribution in [0, 0.1) is 6.92 Å². The molecular weight excluding hydrogens is 376 g/mol. The van der Waals surface area contributed by atoms with Crippen molar-refractivity contribution in [2.75, 3.05) is 0 Å². The third-order valence-electron chi connectivity index (χ3n) is 6.17. The molecule has 0 fully saturated rings. The molecule has 0 aromatic heterocycles. The Bertz CT molecular complexity index is 1060. The number of rotatable bonds is 5. The predicted molar refractivity (Wildman–Crippen MR) is 119 cm³/mol. The highest BCUT2D eigenvalue weighted by Crippen LogP contribution is 2.51. The molecule has 3 rings (SSSR count). The van der Waals surface area contributed by atoms with Gasteiger partial charge in [-0.15, -0.1) is 0 Å². The van der Waals surface area contributed by atoms with Crippen molar-refractivity contribution in [1.29, 1.82) is 0 Å². The zero-order chi connectivity index (χ0) is 22.6. The predicted octanol–water partition coefficient (Wildman–Crippen LogP) is 4.38. The minimum Gasteiger partial charge on any atom is -0.383 e. The topological polar surface area (TPSA) is 74.6 Å². The Morgan fingerprint density at radius 3 is 1.93 bits per heavy atom. The molecule has 2 N–H and O–H groups in total. The summed E-state index contributed by atoms with van der Waals surface area (Å²) in [6.45, 7) is 11.8. The van der Waals surface area contributed by atoms with E-state index in [4.69, 9.17) is 0 Å². The number of carbonyl (C=O) groups excluding carboxylic acids is 2. The van der Waals surface area contributed by atoms with Crippen LogP contribution in [-0.2, 0) is 10.2 Å². The van der Waals surface area contributed by atoms with Crippen LogP contribution >= 0.6 is 0 Å². The van der Waals surface area contributed by atoms with Crippen molar-refractivity contribution < 1.29 is 19.8 Å². The standard InChI is InChI=1S/C26H30O4/c1-15-9-8-10-19-20(16(2)26(7,21(15)19)23(28)25(5,6)30)17-11-13-18(14-12-17)22(27)24(3,4)29/h8-14,29-30H,1-7H3. The van der Waals surface area contributed by atoms with E-state index in [1.54, 1.807) is 12.1 Å². The van der Waals surface area contributed by atoms with Gasteiger partial charge in [0.1, 0.15) is 11.2 Å². The van der Waals surface area contributed by atoms with Gasteiger partial charge in [-0.25, -0.2) is 0 Å². The molecule has 4 heteroatoms. The van der Waals surface area contributed by atoms with Gasteiger partial charge in [0.25, 0.3) is 0 Å². The Kier molecular flexibility index (Phi) is 5.16. The lowest BCUT2D eigenvalue weighted by Crippen LogP contribution is -2.46. The minimum atomic E-state index is -1.48. The highest BCUT2D eigenvalue weighted by molar-refractivity contribution is 6.07. The average Bonchev–Trinajstić information content (AvgIpc) is 2.88. The fourth-order valence-electron chi connectivity index (χ4n) is 4.59. The Balaban J connectivity index is 2.21. The monoisotopic (exact) mass is 406 g/mol. The normalized spacial score (nSPS) is 19.1. The van der Waals surface area contributed by atoms with Crippen molar-refractivity contribution in [1.82, 2.24) is 0 Å². The number of hydrogen-bond acceptors (Lipinski definition) is 4. The van der Waals surface area contributed by atoms with Crippen LogP contribution in [0.2, 0.25) is 0 Å². The highest BCUT2D eigenvalue weighted by atomic mass is 16.3. The second-order valence-electron chi connectivity index (χ2n) is 9.48. The van der Waals surface area contributed by atoms with E-state index in [2.05, 4.69) is 0 Å². The van der Waals surface area contributed by atoms with Crippen LogP contribution in [-0.4, -0.2) is 33.0 Å². The number of fused-ring (bicyclic) bond motifs is 1. The number of aryl methyl sites for hydroxylation is 1. The fraction of sp³-hybridized carbons (Fsp3) is 0.385. The van der Waals surface area contributed by atoms with Gasteiger partial charge < -0.3 is 10.2 Å². The van der Waals surface area contributed by atoms with Crippen LogP contribution in [0.1, 0.15) is 74.2 Å². The lowest BCUT2D eigenvalue weighted by molar-refractivity contribution is -0.138. The summed E-state index contributed by atoms with van der Waals surface area (Å²) in [5.74, 6) is -0.587. The summed E-state index contributed by atoms with van der Waals surface area (Å²) in [6.07, 6.45) is 0. The number of carbonyl (C=O) groups is 2. The van der Waals surface area contributed by atoms with Crippen LogP contribution in [0.4, 0.5) is 0 Å². The van der Waals surface area contributed by atoms with Crippen LogP contribution in [0.15, 0.2) is 48.0 Å². The molecule has 2 aromatic rings. The van der Waals surface area contributed by atoms with Crippen LogP contribution < -0.4 is 0 Å². The molecule has 0 aliphatic heterocycles. The Morgan fingerprint density at radius 2 is 1.43 bits per heavy atom. The summed E-state index contributed by atoms with van der Waals surface area (Å²) in [4.78, 5) is 25.8. The van der Waals surface area contributed by atoms with Crippen molar-refractivity contribution >= 4 is 17.1 Å². The van der Waals surface area contributed by atoms with E-state index >= 15 is 0 Å². The first-order chi connectivity index (χ1) is 13.7. The summed E-state index contributed by atoms with van der Waals surface area (Å²) in [5, 5.41) is 20.6. The molecule has 1 unspecified atom stereocenters. The molecule has 4 nitrogen and oxygen atoms in total. The summed E-state index contributed by atoms with van der Waals surface area (Å²) in [6, 6.07) is 13.1. The molecule has 0 heterocycles. The maximum absolute atomic E-state index is 13.4. The van der Waals surface area contributed by atoms with Crippen molar-refractivity contribution in [3.63, 3.8) is 0 Å². The number of aliphatic hydroxyl groups is 2. The van der Waals surface area contributed by atoms with E-state index in [0.29, 0.717) is 5.56 Å². The molecular formula is C26H30O4. The molecule has 0 bridgehead atoms. The first-order valence-electron chi connectivity index (χ1n) is 10.2. The Labute approximate surface area is 178 Å². The first-order valence-corrected chi connectivity index (χ1v) is 10.2. The van der Waals surface area contributed by atoms with Gasteiger partial charge in [0.15, 0.2) is 11.6 Å². The zero-order valence-electron chi connectivity index (χ0n) is 18.8. The van der Waals surface area contributed by atoms with Crippen molar-refractivity contribution in [2.24, 2.45) is 0 Å². The molecule has 1 atom stereocenters. The quantitative estimate of drug-likeness (QED) is 0.723. The fourth-order valence-corrected chi connectivity index (χ4v) is 4.59. The summed E-state index contributed by atoms with van der Waals surface area (Å²) >= 11 is 0. The van der Waals surface area contributed by atoms with E-state index < -0.39 is 16.6 Å². The van der Waals surface area contributed by atoms with Gasteiger partial charge >= 0.3 is 0 Å². The van der Waals surface area contributed by atoms with E-state index in [-0.39, 0.29) is 11.6 Å². The van der Waals surface area contributed by atoms with Crippen molar-refractivity contribution in [2.45, 2.75) is 65.1 Å². The van der Waals surface area contributed by atoms with Crippen molar-refractivity contribution in [3.8, 4) is 0 Å². The highest BCUT2D eigenvalue weighted by Gasteiger charge is 2.50. The van der Waals surface area contributed by atoms with Crippen molar-refractivity contribution in [3.05, 3.63) is 75.9 Å². The smallest absolute Gasteiger partial charge is 0.193 e. The van der Waals surface area contributed by atoms with Gasteiger partial charge in [-0.1, -0.05) is 42.5 Å². The van der Waals surface area contributed by atoms with Gasteiger partial charge in [0.2, 0.25) is 0 Å². The average molecular weight is 407 g/mol. The van der Waals surface area contributed by atoms with Gasteiger partial charge in [-0.3, -0.25) is 9.59 Å². The van der Waals surface area contributed by atoms with Crippen LogP contribution in [0.3, 0.4) is 0 Å².